The van der Waals surface area contributed by atoms with Crippen molar-refractivity contribution in [2.45, 2.75) is 30.2 Å². The van der Waals surface area contributed by atoms with Gasteiger partial charge in [-0.3, -0.25) is 14.3 Å². The first-order chi connectivity index (χ1) is 14.4. The van der Waals surface area contributed by atoms with Crippen molar-refractivity contribution in [3.8, 4) is 11.4 Å². The predicted octanol–water partition coefficient (Wildman–Crippen LogP) is 2.21. The molecule has 0 aliphatic carbocycles. The van der Waals surface area contributed by atoms with Gasteiger partial charge in [-0.15, -0.1) is 0 Å². The highest BCUT2D eigenvalue weighted by atomic mass is 32.2. The standard InChI is InChI=1S/C20H20N4O5S/c25-19(21-15-8-6-7-14(13-15)18-22-20(26)29-23-18)17-11-4-5-12-24(17)30(27,28)16-9-2-1-3-10-16/h1-3,6-10,13,17H,4-5,11-12H2,(H,21,25)(H,22,23,26). The minimum Gasteiger partial charge on any atom is -0.325 e. The molecule has 10 heteroatoms. The van der Waals surface area contributed by atoms with Gasteiger partial charge in [-0.05, 0) is 37.1 Å². The number of sulfonamides is 1. The molecular formula is C20H20N4O5S. The van der Waals surface area contributed by atoms with E-state index in [1.165, 1.54) is 16.4 Å². The number of amides is 1. The van der Waals surface area contributed by atoms with Crippen LogP contribution >= 0.6 is 0 Å². The topological polar surface area (TPSA) is 125 Å². The van der Waals surface area contributed by atoms with Crippen LogP contribution in [0.25, 0.3) is 11.4 Å². The molecule has 1 amide bonds. The maximum Gasteiger partial charge on any atom is 0.439 e. The average molecular weight is 428 g/mol. The Morgan fingerprint density at radius 2 is 1.93 bits per heavy atom. The zero-order valence-corrected chi connectivity index (χ0v) is 16.8. The number of hydrogen-bond donors (Lipinski definition) is 2. The highest BCUT2D eigenvalue weighted by molar-refractivity contribution is 7.89. The third-order valence-electron chi connectivity index (χ3n) is 4.95. The highest BCUT2D eigenvalue weighted by Gasteiger charge is 2.37. The first-order valence-corrected chi connectivity index (χ1v) is 10.9. The number of piperidine rings is 1. The van der Waals surface area contributed by atoms with Gasteiger partial charge in [0.15, 0.2) is 5.82 Å². The minimum absolute atomic E-state index is 0.168. The summed E-state index contributed by atoms with van der Waals surface area (Å²) in [6.07, 6.45) is 1.90. The summed E-state index contributed by atoms with van der Waals surface area (Å²) in [5.41, 5.74) is 1.01. The molecule has 156 valence electrons. The van der Waals surface area contributed by atoms with E-state index in [1.54, 1.807) is 42.5 Å². The lowest BCUT2D eigenvalue weighted by Crippen LogP contribution is -2.49. The summed E-state index contributed by atoms with van der Waals surface area (Å²) in [5.74, 6) is -0.842. The summed E-state index contributed by atoms with van der Waals surface area (Å²) in [7, 11) is -3.79. The lowest BCUT2D eigenvalue weighted by atomic mass is 10.0. The number of benzene rings is 2. The summed E-state index contributed by atoms with van der Waals surface area (Å²) >= 11 is 0. The second kappa shape index (κ2) is 8.25. The number of rotatable bonds is 5. The van der Waals surface area contributed by atoms with Crippen LogP contribution in [-0.4, -0.2) is 41.4 Å². The van der Waals surface area contributed by atoms with E-state index in [9.17, 15) is 18.0 Å². The Morgan fingerprint density at radius 1 is 1.13 bits per heavy atom. The molecule has 2 aromatic carbocycles. The van der Waals surface area contributed by atoms with Crippen LogP contribution in [0.15, 0.2) is 68.8 Å². The molecule has 1 unspecified atom stereocenters. The molecule has 9 nitrogen and oxygen atoms in total. The van der Waals surface area contributed by atoms with Crippen LogP contribution in [0.4, 0.5) is 5.69 Å². The number of nitrogens with zero attached hydrogens (tertiary/aromatic N) is 2. The fourth-order valence-electron chi connectivity index (χ4n) is 3.51. The van der Waals surface area contributed by atoms with Gasteiger partial charge in [-0.25, -0.2) is 13.2 Å². The molecule has 2 N–H and O–H groups in total. The molecule has 1 fully saturated rings. The Bertz CT molecular complexity index is 1200. The molecule has 1 aromatic heterocycles. The zero-order valence-electron chi connectivity index (χ0n) is 15.9. The normalized spacial score (nSPS) is 17.5. The van der Waals surface area contributed by atoms with Crippen molar-refractivity contribution in [2.24, 2.45) is 0 Å². The van der Waals surface area contributed by atoms with Crippen LogP contribution in [0.2, 0.25) is 0 Å². The van der Waals surface area contributed by atoms with E-state index < -0.39 is 27.7 Å². The summed E-state index contributed by atoms with van der Waals surface area (Å²) < 4.78 is 32.0. The Morgan fingerprint density at radius 3 is 2.67 bits per heavy atom. The molecule has 1 saturated heterocycles. The van der Waals surface area contributed by atoms with Crippen LogP contribution in [0.5, 0.6) is 0 Å². The summed E-state index contributed by atoms with van der Waals surface area (Å²) in [6.45, 7) is 0.287. The molecule has 0 radical (unpaired) electrons. The third-order valence-corrected chi connectivity index (χ3v) is 6.87. The van der Waals surface area contributed by atoms with Crippen molar-refractivity contribution >= 4 is 21.6 Å². The van der Waals surface area contributed by atoms with Crippen LogP contribution in [0.1, 0.15) is 19.3 Å². The number of H-pyrrole nitrogens is 1. The molecule has 3 aromatic rings. The van der Waals surface area contributed by atoms with E-state index in [-0.39, 0.29) is 17.3 Å². The van der Waals surface area contributed by atoms with Crippen LogP contribution in [0, 0.1) is 0 Å². The summed E-state index contributed by atoms with van der Waals surface area (Å²) in [5, 5.41) is 6.42. The molecule has 1 atom stereocenters. The highest BCUT2D eigenvalue weighted by Crippen LogP contribution is 2.27. The molecule has 1 aliphatic heterocycles. The van der Waals surface area contributed by atoms with Crippen molar-refractivity contribution < 1.29 is 17.7 Å². The number of nitrogens with one attached hydrogen (secondary N) is 2. The lowest BCUT2D eigenvalue weighted by Gasteiger charge is -2.33. The second-order valence-corrected chi connectivity index (χ2v) is 8.84. The third kappa shape index (κ3) is 4.05. The van der Waals surface area contributed by atoms with E-state index in [2.05, 4.69) is 20.0 Å². The molecule has 0 bridgehead atoms. The van der Waals surface area contributed by atoms with Crippen molar-refractivity contribution in [1.82, 2.24) is 14.4 Å². The number of hydrogen-bond acceptors (Lipinski definition) is 6. The van der Waals surface area contributed by atoms with Gasteiger partial charge in [0.1, 0.15) is 6.04 Å². The molecule has 30 heavy (non-hydrogen) atoms. The zero-order chi connectivity index (χ0) is 21.1. The summed E-state index contributed by atoms with van der Waals surface area (Å²) in [6, 6.07) is 14.0. The minimum atomic E-state index is -3.79. The van der Waals surface area contributed by atoms with Crippen LogP contribution < -0.4 is 11.1 Å². The predicted molar refractivity (Wildman–Crippen MR) is 109 cm³/mol. The Labute approximate surface area is 172 Å². The van der Waals surface area contributed by atoms with Gasteiger partial charge in [0.25, 0.3) is 0 Å². The first kappa shape index (κ1) is 20.0. The Kier molecular flexibility index (Phi) is 5.51. The van der Waals surface area contributed by atoms with Gasteiger partial charge >= 0.3 is 5.76 Å². The average Bonchev–Trinajstić information content (AvgIpc) is 3.21. The number of aromatic amines is 1. The fourth-order valence-corrected chi connectivity index (χ4v) is 5.18. The van der Waals surface area contributed by atoms with Crippen molar-refractivity contribution in [1.29, 1.82) is 0 Å². The van der Waals surface area contributed by atoms with Gasteiger partial charge in [0.05, 0.1) is 4.90 Å². The SMILES string of the molecule is O=C(Nc1cccc(-c2noc(=O)[nH]2)c1)C1CCCCN1S(=O)(=O)c1ccccc1. The molecule has 2 heterocycles. The summed E-state index contributed by atoms with van der Waals surface area (Å²) in [4.78, 5) is 26.8. The van der Waals surface area contributed by atoms with Crippen molar-refractivity contribution in [3.63, 3.8) is 0 Å². The Hall–Kier alpha value is -3.24. The number of carbonyl (C=O) groups excluding carboxylic acids is 1. The van der Waals surface area contributed by atoms with Gasteiger partial charge in [-0.2, -0.15) is 4.31 Å². The van der Waals surface area contributed by atoms with E-state index in [4.69, 9.17) is 0 Å². The van der Waals surface area contributed by atoms with Crippen molar-refractivity contribution in [3.05, 3.63) is 65.1 Å². The van der Waals surface area contributed by atoms with Crippen LogP contribution in [0.3, 0.4) is 0 Å². The number of aromatic nitrogens is 2. The lowest BCUT2D eigenvalue weighted by molar-refractivity contribution is -0.120. The molecule has 0 spiro atoms. The molecule has 0 saturated carbocycles. The number of carbonyl (C=O) groups is 1. The first-order valence-electron chi connectivity index (χ1n) is 9.49. The largest absolute Gasteiger partial charge is 0.439 e. The van der Waals surface area contributed by atoms with Gasteiger partial charge < -0.3 is 5.32 Å². The van der Waals surface area contributed by atoms with Crippen LogP contribution in [-0.2, 0) is 14.8 Å². The fraction of sp³-hybridized carbons (Fsp3) is 0.250. The van der Waals surface area contributed by atoms with Gasteiger partial charge in [0, 0.05) is 17.8 Å². The van der Waals surface area contributed by atoms with E-state index in [0.717, 1.165) is 6.42 Å². The monoisotopic (exact) mass is 428 g/mol. The van der Waals surface area contributed by atoms with E-state index in [0.29, 0.717) is 24.1 Å². The molecule has 1 aliphatic rings. The van der Waals surface area contributed by atoms with E-state index in [1.807, 2.05) is 0 Å². The van der Waals surface area contributed by atoms with Gasteiger partial charge in [0.2, 0.25) is 15.9 Å². The number of anilines is 1. The quantitative estimate of drug-likeness (QED) is 0.642. The molecular weight excluding hydrogens is 408 g/mol. The smallest absolute Gasteiger partial charge is 0.325 e. The van der Waals surface area contributed by atoms with Gasteiger partial charge in [-0.1, -0.05) is 41.9 Å². The van der Waals surface area contributed by atoms with E-state index >= 15 is 0 Å². The maximum absolute atomic E-state index is 13.1. The second-order valence-electron chi connectivity index (χ2n) is 6.95. The van der Waals surface area contributed by atoms with Crippen molar-refractivity contribution in [2.75, 3.05) is 11.9 Å². The molecule has 4 rings (SSSR count). The Balaban J connectivity index is 1.57. The maximum atomic E-state index is 13.1.